The third kappa shape index (κ3) is 15.3. The van der Waals surface area contributed by atoms with Crippen molar-refractivity contribution in [1.29, 1.82) is 0 Å². The number of unbranched alkanes of at least 4 members (excludes halogenated alkanes) is 2. The van der Waals surface area contributed by atoms with Gasteiger partial charge in [0.05, 0.1) is 37.1 Å². The standard InChI is InChI=1S/C55H68F2N10O10/c1-33(2)50(63-46(69)11-6-5-7-22-66-48(71)18-19-49(66)72)53(73)59-26-47(70)61-39-15-13-36(14-16-39)32-77-55(75)65-27-38(43(57)30-65)28-67(54(74)35(4)68)51(37-20-23-76-24-21-37)52-62-44(41-25-34(3)12-17-42(41)56)31-64(52)29-40-9-8-10-45(58)60-40/h8-10,12-19,25,31,33,35,37-38,43,50-51,68H,5-7,11,20-24,26-30,32H2,1-4H3,(H2,58,60)(H,59,73)(H,61,70)(H,63,69)/t35-,38?,43?,50?,51?/m0/s1. The van der Waals surface area contributed by atoms with E-state index in [4.69, 9.17) is 20.2 Å². The van der Waals surface area contributed by atoms with E-state index in [0.717, 1.165) is 10.5 Å². The van der Waals surface area contributed by atoms with Gasteiger partial charge in [-0.15, -0.1) is 0 Å². The largest absolute Gasteiger partial charge is 0.445 e. The Kier molecular flexibility index (Phi) is 19.6. The number of anilines is 2. The van der Waals surface area contributed by atoms with E-state index < -0.39 is 59.9 Å². The zero-order valence-corrected chi connectivity index (χ0v) is 43.8. The molecule has 412 valence electrons. The normalized spacial score (nSPS) is 17.8. The van der Waals surface area contributed by atoms with E-state index in [9.17, 15) is 38.7 Å². The number of alkyl halides is 1. The van der Waals surface area contributed by atoms with Crippen LogP contribution in [0.4, 0.5) is 25.1 Å². The number of carbonyl (C=O) groups is 7. The number of aryl methyl sites for hydroxylation is 1. The number of likely N-dealkylation sites (tertiary alicyclic amines) is 1. The van der Waals surface area contributed by atoms with Crippen molar-refractivity contribution in [1.82, 2.24) is 39.9 Å². The van der Waals surface area contributed by atoms with Gasteiger partial charge in [-0.1, -0.05) is 50.1 Å². The second kappa shape index (κ2) is 26.5. The van der Waals surface area contributed by atoms with Crippen LogP contribution in [0.3, 0.4) is 0 Å². The Balaban J connectivity index is 0.938. The average molecular weight is 1070 g/mol. The number of benzene rings is 2. The van der Waals surface area contributed by atoms with E-state index in [2.05, 4.69) is 20.9 Å². The van der Waals surface area contributed by atoms with Crippen LogP contribution in [0.1, 0.15) is 88.0 Å². The minimum absolute atomic E-state index is 0.107. The topological polar surface area (TPSA) is 261 Å². The fourth-order valence-corrected chi connectivity index (χ4v) is 9.71. The Bertz CT molecular complexity index is 2780. The van der Waals surface area contributed by atoms with Gasteiger partial charge in [0, 0.05) is 74.8 Å². The molecule has 0 bridgehead atoms. The molecule has 7 amide bonds. The number of ether oxygens (including phenoxy) is 2. The zero-order chi connectivity index (χ0) is 55.3. The van der Waals surface area contributed by atoms with Crippen LogP contribution < -0.4 is 21.7 Å². The molecule has 2 fully saturated rings. The highest BCUT2D eigenvalue weighted by Crippen LogP contribution is 2.39. The van der Waals surface area contributed by atoms with Gasteiger partial charge in [-0.25, -0.2) is 23.5 Å². The van der Waals surface area contributed by atoms with E-state index in [-0.39, 0.29) is 93.2 Å². The van der Waals surface area contributed by atoms with Gasteiger partial charge in [-0.3, -0.25) is 33.7 Å². The molecule has 3 aliphatic rings. The number of hydrogen-bond acceptors (Lipinski definition) is 13. The molecule has 2 aromatic carbocycles. The summed E-state index contributed by atoms with van der Waals surface area (Å²) in [6.07, 6.45) is 3.05. The summed E-state index contributed by atoms with van der Waals surface area (Å²) in [5.41, 5.74) is 8.93. The first-order valence-electron chi connectivity index (χ1n) is 26.0. The van der Waals surface area contributed by atoms with Crippen LogP contribution in [0.5, 0.6) is 0 Å². The molecule has 77 heavy (non-hydrogen) atoms. The number of pyridine rings is 1. The number of nitrogens with one attached hydrogen (secondary N) is 3. The molecule has 3 aliphatic heterocycles. The first-order chi connectivity index (χ1) is 36.8. The summed E-state index contributed by atoms with van der Waals surface area (Å²) in [7, 11) is 0. The summed E-state index contributed by atoms with van der Waals surface area (Å²) in [6.45, 7) is 6.69. The molecular weight excluding hydrogens is 999 g/mol. The number of halogens is 2. The number of nitrogens with two attached hydrogens (primary N) is 1. The van der Waals surface area contributed by atoms with Crippen LogP contribution in [0, 0.1) is 30.5 Å². The van der Waals surface area contributed by atoms with Gasteiger partial charge in [-0.2, -0.15) is 0 Å². The predicted octanol–water partition coefficient (Wildman–Crippen LogP) is 4.99. The van der Waals surface area contributed by atoms with Crippen LogP contribution in [-0.4, -0.2) is 140 Å². The summed E-state index contributed by atoms with van der Waals surface area (Å²) < 4.78 is 44.9. The Morgan fingerprint density at radius 3 is 2.35 bits per heavy atom. The van der Waals surface area contributed by atoms with Crippen molar-refractivity contribution in [3.8, 4) is 11.3 Å². The Hall–Kier alpha value is -7.59. The Morgan fingerprint density at radius 1 is 0.935 bits per heavy atom. The molecule has 2 saturated heterocycles. The molecule has 4 unspecified atom stereocenters. The highest BCUT2D eigenvalue weighted by Gasteiger charge is 2.44. The van der Waals surface area contributed by atoms with Crippen LogP contribution in [0.25, 0.3) is 11.3 Å². The van der Waals surface area contributed by atoms with Crippen molar-refractivity contribution in [2.75, 3.05) is 57.0 Å². The van der Waals surface area contributed by atoms with Crippen LogP contribution in [0.15, 0.2) is 79.0 Å². The molecule has 0 aliphatic carbocycles. The Labute approximate surface area is 445 Å². The van der Waals surface area contributed by atoms with Gasteiger partial charge in [0.1, 0.15) is 42.4 Å². The number of imide groups is 1. The van der Waals surface area contributed by atoms with E-state index in [0.29, 0.717) is 73.8 Å². The molecule has 5 heterocycles. The fourth-order valence-electron chi connectivity index (χ4n) is 9.71. The van der Waals surface area contributed by atoms with E-state index in [1.54, 1.807) is 79.2 Å². The van der Waals surface area contributed by atoms with Crippen molar-refractivity contribution in [3.05, 3.63) is 107 Å². The molecule has 20 nitrogen and oxygen atoms in total. The number of nitrogens with zero attached hydrogens (tertiary/aromatic N) is 6. The molecule has 5 atom stereocenters. The first kappa shape index (κ1) is 57.1. The maximum absolute atomic E-state index is 16.3. The van der Waals surface area contributed by atoms with Crippen molar-refractivity contribution in [2.45, 2.75) is 104 Å². The van der Waals surface area contributed by atoms with E-state index >= 15 is 8.78 Å². The number of nitrogen functional groups attached to an aromatic ring is 1. The van der Waals surface area contributed by atoms with Gasteiger partial charge in [0.15, 0.2) is 0 Å². The molecule has 22 heteroatoms. The van der Waals surface area contributed by atoms with Gasteiger partial charge < -0.3 is 50.6 Å². The quantitative estimate of drug-likeness (QED) is 0.0485. The number of rotatable bonds is 23. The summed E-state index contributed by atoms with van der Waals surface area (Å²) in [5.74, 6) is -4.08. The molecule has 7 rings (SSSR count). The lowest BCUT2D eigenvalue weighted by Gasteiger charge is -2.40. The van der Waals surface area contributed by atoms with Crippen molar-refractivity contribution in [3.63, 3.8) is 0 Å². The molecule has 0 spiro atoms. The lowest BCUT2D eigenvalue weighted by Crippen LogP contribution is -2.51. The zero-order valence-electron chi connectivity index (χ0n) is 43.8. The number of carbonyl (C=O) groups excluding carboxylic acids is 7. The van der Waals surface area contributed by atoms with Crippen molar-refractivity contribution >= 4 is 53.0 Å². The van der Waals surface area contributed by atoms with Gasteiger partial charge in [-0.05, 0) is 93.3 Å². The van der Waals surface area contributed by atoms with Crippen LogP contribution in [0.2, 0.25) is 0 Å². The minimum atomic E-state index is -1.58. The molecule has 6 N–H and O–H groups in total. The number of imidazole rings is 1. The molecule has 4 aromatic rings. The van der Waals surface area contributed by atoms with E-state index in [1.807, 2.05) is 6.92 Å². The minimum Gasteiger partial charge on any atom is -0.445 e. The van der Waals surface area contributed by atoms with Gasteiger partial charge >= 0.3 is 6.09 Å². The summed E-state index contributed by atoms with van der Waals surface area (Å²) in [4.78, 5) is 103. The smallest absolute Gasteiger partial charge is 0.410 e. The second-order valence-electron chi connectivity index (χ2n) is 20.2. The molecular formula is C55H68F2N10O10. The number of aliphatic hydroxyl groups is 1. The van der Waals surface area contributed by atoms with E-state index in [1.165, 1.54) is 34.9 Å². The molecule has 2 aromatic heterocycles. The van der Waals surface area contributed by atoms with Gasteiger partial charge in [0.2, 0.25) is 17.7 Å². The molecule has 0 radical (unpaired) electrons. The number of aromatic nitrogens is 3. The van der Waals surface area contributed by atoms with Crippen LogP contribution >= 0.6 is 0 Å². The van der Waals surface area contributed by atoms with Crippen LogP contribution in [-0.2, 0) is 51.4 Å². The highest BCUT2D eigenvalue weighted by atomic mass is 19.1. The summed E-state index contributed by atoms with van der Waals surface area (Å²) >= 11 is 0. The first-order valence-corrected chi connectivity index (χ1v) is 26.0. The SMILES string of the molecule is Cc1ccc(F)c(-c2cn(Cc3cccc(N)n3)c(C(C3CCOCC3)N(CC3CN(C(=O)OCc4ccc(NC(=O)CNC(=O)C(NC(=O)CCCCCN5C(=O)C=CC5=O)C(C)C)cc4)CC3F)C(=O)[C@H](C)O)n2)c1. The average Bonchev–Trinajstić information content (AvgIpc) is 4.13. The number of amides is 7. The summed E-state index contributed by atoms with van der Waals surface area (Å²) in [6, 6.07) is 14.6. The third-order valence-electron chi connectivity index (χ3n) is 13.8. The lowest BCUT2D eigenvalue weighted by molar-refractivity contribution is -0.145. The highest BCUT2D eigenvalue weighted by molar-refractivity contribution is 6.12. The maximum atomic E-state index is 16.3. The monoisotopic (exact) mass is 1070 g/mol. The fraction of sp³-hybridized carbons (Fsp3) is 0.473. The van der Waals surface area contributed by atoms with Crippen molar-refractivity contribution in [2.24, 2.45) is 17.8 Å². The molecule has 0 saturated carbocycles. The lowest BCUT2D eigenvalue weighted by atomic mass is 9.88. The van der Waals surface area contributed by atoms with Gasteiger partial charge in [0.25, 0.3) is 17.7 Å². The third-order valence-corrected chi connectivity index (χ3v) is 13.8. The van der Waals surface area contributed by atoms with Crippen molar-refractivity contribution < 1.29 is 56.9 Å². The predicted molar refractivity (Wildman–Crippen MR) is 279 cm³/mol. The number of aliphatic hydroxyl groups excluding tert-OH is 1. The number of hydrogen-bond donors (Lipinski definition) is 5. The maximum Gasteiger partial charge on any atom is 0.410 e. The second-order valence-corrected chi connectivity index (χ2v) is 20.2. The Morgan fingerprint density at radius 2 is 1.66 bits per heavy atom. The summed E-state index contributed by atoms with van der Waals surface area (Å²) in [5, 5.41) is 18.9.